The van der Waals surface area contributed by atoms with E-state index in [0.717, 1.165) is 0 Å². The fourth-order valence-electron chi connectivity index (χ4n) is 1.60. The molecule has 0 saturated heterocycles. The topological polar surface area (TPSA) is 17.1 Å². The second kappa shape index (κ2) is 4.77. The normalized spacial score (nSPS) is 19.2. The standard InChI is InChI=1S/C11H14O/c1-2-11(12)9-8-10-6-4-3-5-7-10/h1,8-10H,3-7H2/b9-8+. The van der Waals surface area contributed by atoms with Gasteiger partial charge in [0.15, 0.2) is 0 Å². The summed E-state index contributed by atoms with van der Waals surface area (Å²) in [5.74, 6) is 2.46. The lowest BCUT2D eigenvalue weighted by Gasteiger charge is -2.17. The number of carbonyl (C=O) groups is 1. The first-order chi connectivity index (χ1) is 5.83. The van der Waals surface area contributed by atoms with E-state index in [-0.39, 0.29) is 5.78 Å². The SMILES string of the molecule is C#CC(=O)/C=C/C1CCCCC1. The van der Waals surface area contributed by atoms with Crippen molar-refractivity contribution in [1.29, 1.82) is 0 Å². The van der Waals surface area contributed by atoms with Crippen molar-refractivity contribution >= 4 is 5.78 Å². The van der Waals surface area contributed by atoms with Gasteiger partial charge in [-0.3, -0.25) is 4.79 Å². The van der Waals surface area contributed by atoms with E-state index in [1.54, 1.807) is 0 Å². The zero-order valence-corrected chi connectivity index (χ0v) is 7.25. The smallest absolute Gasteiger partial charge is 0.228 e. The minimum absolute atomic E-state index is 0.208. The van der Waals surface area contributed by atoms with Crippen molar-refractivity contribution in [1.82, 2.24) is 0 Å². The zero-order valence-electron chi connectivity index (χ0n) is 7.25. The monoisotopic (exact) mass is 162 g/mol. The van der Waals surface area contributed by atoms with Gasteiger partial charge < -0.3 is 0 Å². The minimum Gasteiger partial charge on any atom is -0.280 e. The van der Waals surface area contributed by atoms with Crippen molar-refractivity contribution in [2.24, 2.45) is 5.92 Å². The molecule has 0 radical (unpaired) electrons. The van der Waals surface area contributed by atoms with Gasteiger partial charge in [0, 0.05) is 0 Å². The number of ketones is 1. The van der Waals surface area contributed by atoms with Crippen LogP contribution in [0.4, 0.5) is 0 Å². The summed E-state index contributed by atoms with van der Waals surface area (Å²) in [7, 11) is 0. The third-order valence-corrected chi connectivity index (χ3v) is 2.31. The van der Waals surface area contributed by atoms with Crippen LogP contribution >= 0.6 is 0 Å². The van der Waals surface area contributed by atoms with Crippen LogP contribution in [0.5, 0.6) is 0 Å². The van der Waals surface area contributed by atoms with Gasteiger partial charge in [-0.1, -0.05) is 25.3 Å². The Labute approximate surface area is 73.9 Å². The Hall–Kier alpha value is -1.03. The number of hydrogen-bond donors (Lipinski definition) is 0. The van der Waals surface area contributed by atoms with Crippen molar-refractivity contribution in [3.05, 3.63) is 12.2 Å². The summed E-state index contributed by atoms with van der Waals surface area (Å²) in [6, 6.07) is 0. The van der Waals surface area contributed by atoms with Crippen molar-refractivity contribution in [3.8, 4) is 12.3 Å². The van der Waals surface area contributed by atoms with Crippen molar-refractivity contribution in [2.45, 2.75) is 32.1 Å². The van der Waals surface area contributed by atoms with E-state index in [1.807, 2.05) is 6.08 Å². The first kappa shape index (κ1) is 9.06. The predicted molar refractivity (Wildman–Crippen MR) is 49.6 cm³/mol. The average molecular weight is 162 g/mol. The minimum atomic E-state index is -0.208. The molecule has 12 heavy (non-hydrogen) atoms. The van der Waals surface area contributed by atoms with Crippen LogP contribution < -0.4 is 0 Å². The highest BCUT2D eigenvalue weighted by Crippen LogP contribution is 2.24. The van der Waals surface area contributed by atoms with Gasteiger partial charge in [-0.15, -0.1) is 6.42 Å². The van der Waals surface area contributed by atoms with Gasteiger partial charge in [0.25, 0.3) is 0 Å². The van der Waals surface area contributed by atoms with E-state index in [2.05, 4.69) is 5.92 Å². The lowest BCUT2D eigenvalue weighted by atomic mass is 9.89. The van der Waals surface area contributed by atoms with Crippen LogP contribution in [-0.4, -0.2) is 5.78 Å². The maximum Gasteiger partial charge on any atom is 0.228 e. The largest absolute Gasteiger partial charge is 0.280 e. The van der Waals surface area contributed by atoms with Crippen molar-refractivity contribution in [3.63, 3.8) is 0 Å². The number of hydrogen-bond acceptors (Lipinski definition) is 1. The Kier molecular flexibility index (Phi) is 3.60. The average Bonchev–Trinajstić information content (AvgIpc) is 2.16. The van der Waals surface area contributed by atoms with Crippen LogP contribution in [0.25, 0.3) is 0 Å². The summed E-state index contributed by atoms with van der Waals surface area (Å²) in [5.41, 5.74) is 0. The lowest BCUT2D eigenvalue weighted by molar-refractivity contribution is -0.109. The molecular formula is C11H14O. The Bertz CT molecular complexity index is 214. The van der Waals surface area contributed by atoms with Gasteiger partial charge in [-0.25, -0.2) is 0 Å². The van der Waals surface area contributed by atoms with Crippen molar-refractivity contribution < 1.29 is 4.79 Å². The van der Waals surface area contributed by atoms with Crippen LogP contribution in [0.15, 0.2) is 12.2 Å². The maximum atomic E-state index is 10.7. The molecule has 1 fully saturated rings. The van der Waals surface area contributed by atoms with Crippen LogP contribution in [-0.2, 0) is 4.79 Å². The lowest BCUT2D eigenvalue weighted by Crippen LogP contribution is -2.03. The van der Waals surface area contributed by atoms with E-state index in [0.29, 0.717) is 5.92 Å². The van der Waals surface area contributed by atoms with E-state index in [4.69, 9.17) is 6.42 Å². The number of terminal acetylenes is 1. The summed E-state index contributed by atoms with van der Waals surface area (Å²) in [6.07, 6.45) is 14.8. The summed E-state index contributed by atoms with van der Waals surface area (Å²) in [4.78, 5) is 10.7. The Morgan fingerprint density at radius 2 is 2.00 bits per heavy atom. The van der Waals surface area contributed by atoms with Gasteiger partial charge in [-0.2, -0.15) is 0 Å². The van der Waals surface area contributed by atoms with E-state index in [9.17, 15) is 4.79 Å². The third-order valence-electron chi connectivity index (χ3n) is 2.31. The van der Waals surface area contributed by atoms with Gasteiger partial charge >= 0.3 is 0 Å². The molecule has 0 bridgehead atoms. The molecule has 1 rings (SSSR count). The highest BCUT2D eigenvalue weighted by atomic mass is 16.1. The van der Waals surface area contributed by atoms with Gasteiger partial charge in [0.2, 0.25) is 5.78 Å². The molecule has 0 atom stereocenters. The first-order valence-electron chi connectivity index (χ1n) is 4.51. The zero-order chi connectivity index (χ0) is 8.81. The molecule has 0 heterocycles. The molecule has 0 aromatic carbocycles. The van der Waals surface area contributed by atoms with Crippen LogP contribution in [0.3, 0.4) is 0 Å². The van der Waals surface area contributed by atoms with E-state index >= 15 is 0 Å². The fourth-order valence-corrected chi connectivity index (χ4v) is 1.60. The molecule has 0 N–H and O–H groups in total. The third kappa shape index (κ3) is 2.92. The molecule has 0 spiro atoms. The second-order valence-electron chi connectivity index (χ2n) is 3.27. The molecular weight excluding hydrogens is 148 g/mol. The van der Waals surface area contributed by atoms with E-state index < -0.39 is 0 Å². The molecule has 1 heteroatoms. The summed E-state index contributed by atoms with van der Waals surface area (Å²) < 4.78 is 0. The maximum absolute atomic E-state index is 10.7. The summed E-state index contributed by atoms with van der Waals surface area (Å²) in [5, 5.41) is 0. The molecule has 64 valence electrons. The predicted octanol–water partition coefficient (Wildman–Crippen LogP) is 2.33. The van der Waals surface area contributed by atoms with Crippen LogP contribution in [0.1, 0.15) is 32.1 Å². The molecule has 1 saturated carbocycles. The Morgan fingerprint density at radius 1 is 1.33 bits per heavy atom. The van der Waals surface area contributed by atoms with Gasteiger partial charge in [-0.05, 0) is 30.8 Å². The van der Waals surface area contributed by atoms with Crippen molar-refractivity contribution in [2.75, 3.05) is 0 Å². The fraction of sp³-hybridized carbons (Fsp3) is 0.545. The molecule has 0 aromatic heterocycles. The molecule has 1 aliphatic carbocycles. The molecule has 0 amide bonds. The molecule has 0 unspecified atom stereocenters. The molecule has 1 nitrogen and oxygen atoms in total. The van der Waals surface area contributed by atoms with Gasteiger partial charge in [0.1, 0.15) is 0 Å². The van der Waals surface area contributed by atoms with Gasteiger partial charge in [0.05, 0.1) is 0 Å². The highest BCUT2D eigenvalue weighted by molar-refractivity contribution is 6.03. The Balaban J connectivity index is 2.34. The van der Waals surface area contributed by atoms with Crippen LogP contribution in [0.2, 0.25) is 0 Å². The number of rotatable bonds is 2. The number of carbonyl (C=O) groups excluding carboxylic acids is 1. The second-order valence-corrected chi connectivity index (χ2v) is 3.27. The molecule has 0 aromatic rings. The summed E-state index contributed by atoms with van der Waals surface area (Å²) >= 11 is 0. The summed E-state index contributed by atoms with van der Waals surface area (Å²) in [6.45, 7) is 0. The Morgan fingerprint density at radius 3 is 2.58 bits per heavy atom. The molecule has 0 aliphatic heterocycles. The number of allylic oxidation sites excluding steroid dienone is 2. The van der Waals surface area contributed by atoms with E-state index in [1.165, 1.54) is 38.2 Å². The van der Waals surface area contributed by atoms with Crippen LogP contribution in [0, 0.1) is 18.3 Å². The highest BCUT2D eigenvalue weighted by Gasteiger charge is 2.09. The first-order valence-corrected chi connectivity index (χ1v) is 4.51. The molecule has 1 aliphatic rings. The quantitative estimate of drug-likeness (QED) is 0.346.